The highest BCUT2D eigenvalue weighted by Crippen LogP contribution is 2.31. The molecule has 0 aliphatic carbocycles. The third-order valence-corrected chi connectivity index (χ3v) is 2.84. The van der Waals surface area contributed by atoms with Crippen LogP contribution in [0.3, 0.4) is 0 Å². The molecule has 0 saturated heterocycles. The van der Waals surface area contributed by atoms with Crippen LogP contribution in [0.2, 0.25) is 5.02 Å². The summed E-state index contributed by atoms with van der Waals surface area (Å²) in [5.41, 5.74) is 5.44. The lowest BCUT2D eigenvalue weighted by atomic mass is 10.1. The lowest BCUT2D eigenvalue weighted by Crippen LogP contribution is -2.09. The zero-order valence-electron chi connectivity index (χ0n) is 7.30. The fourth-order valence-electron chi connectivity index (χ4n) is 1.15. The van der Waals surface area contributed by atoms with Crippen molar-refractivity contribution < 1.29 is 9.50 Å². The molecule has 78 valence electrons. The van der Waals surface area contributed by atoms with E-state index in [0.717, 1.165) is 0 Å². The molecule has 0 aliphatic rings. The van der Waals surface area contributed by atoms with Crippen LogP contribution in [-0.4, -0.2) is 11.7 Å². The summed E-state index contributed by atoms with van der Waals surface area (Å²) in [4.78, 5) is 0. The molecule has 1 atom stereocenters. The van der Waals surface area contributed by atoms with Gasteiger partial charge in [0.15, 0.2) is 0 Å². The topological polar surface area (TPSA) is 46.2 Å². The molecule has 1 rings (SSSR count). The largest absolute Gasteiger partial charge is 0.388 e. The second kappa shape index (κ2) is 5.07. The molecule has 0 radical (unpaired) electrons. The summed E-state index contributed by atoms with van der Waals surface area (Å²) < 4.78 is 14.0. The molecule has 0 saturated carbocycles. The van der Waals surface area contributed by atoms with Crippen molar-refractivity contribution in [2.75, 3.05) is 6.54 Å². The van der Waals surface area contributed by atoms with Crippen molar-refractivity contribution in [2.45, 2.75) is 12.5 Å². The molecule has 0 heterocycles. The molecule has 0 aliphatic heterocycles. The molecule has 0 bridgehead atoms. The van der Waals surface area contributed by atoms with Crippen LogP contribution in [0.25, 0.3) is 0 Å². The summed E-state index contributed by atoms with van der Waals surface area (Å²) in [5, 5.41) is 9.60. The summed E-state index contributed by atoms with van der Waals surface area (Å²) in [6, 6.07) is 3.03. The van der Waals surface area contributed by atoms with Gasteiger partial charge in [0.05, 0.1) is 11.1 Å². The van der Waals surface area contributed by atoms with Gasteiger partial charge >= 0.3 is 0 Å². The van der Waals surface area contributed by atoms with Gasteiger partial charge in [-0.2, -0.15) is 0 Å². The number of halogens is 3. The fourth-order valence-corrected chi connectivity index (χ4v) is 1.89. The highest BCUT2D eigenvalue weighted by atomic mass is 79.9. The summed E-state index contributed by atoms with van der Waals surface area (Å²) in [5.74, 6) is -0.595. The molecular formula is C9H10BrClFNO. The van der Waals surface area contributed by atoms with Crippen molar-refractivity contribution in [3.63, 3.8) is 0 Å². The molecular weight excluding hydrogens is 272 g/mol. The Morgan fingerprint density at radius 2 is 2.21 bits per heavy atom. The average molecular weight is 283 g/mol. The molecule has 3 N–H and O–H groups in total. The smallest absolute Gasteiger partial charge is 0.148 e. The van der Waals surface area contributed by atoms with Crippen LogP contribution in [0.4, 0.5) is 4.39 Å². The van der Waals surface area contributed by atoms with E-state index in [9.17, 15) is 9.50 Å². The number of aliphatic hydroxyl groups is 1. The quantitative estimate of drug-likeness (QED) is 0.837. The van der Waals surface area contributed by atoms with E-state index in [4.69, 9.17) is 17.3 Å². The Bertz CT molecular complexity index is 335. The Labute approximate surface area is 95.0 Å². The zero-order chi connectivity index (χ0) is 10.7. The maximum absolute atomic E-state index is 13.5. The Morgan fingerprint density at radius 1 is 1.57 bits per heavy atom. The number of hydrogen-bond acceptors (Lipinski definition) is 2. The van der Waals surface area contributed by atoms with Gasteiger partial charge in [0.25, 0.3) is 0 Å². The Morgan fingerprint density at radius 3 is 2.79 bits per heavy atom. The zero-order valence-corrected chi connectivity index (χ0v) is 9.65. The van der Waals surface area contributed by atoms with Gasteiger partial charge in [0.1, 0.15) is 5.82 Å². The van der Waals surface area contributed by atoms with E-state index in [1.807, 2.05) is 0 Å². The molecule has 14 heavy (non-hydrogen) atoms. The first-order chi connectivity index (χ1) is 6.57. The number of aliphatic hydroxyl groups excluding tert-OH is 1. The maximum Gasteiger partial charge on any atom is 0.148 e. The van der Waals surface area contributed by atoms with E-state index in [-0.39, 0.29) is 10.6 Å². The second-order valence-corrected chi connectivity index (χ2v) is 4.11. The summed E-state index contributed by atoms with van der Waals surface area (Å²) in [6.07, 6.45) is -0.622. The average Bonchev–Trinajstić information content (AvgIpc) is 2.13. The van der Waals surface area contributed by atoms with Crippen LogP contribution in [0.15, 0.2) is 16.6 Å². The molecule has 2 nitrogen and oxygen atoms in total. The lowest BCUT2D eigenvalue weighted by Gasteiger charge is -2.13. The number of benzene rings is 1. The maximum atomic E-state index is 13.5. The van der Waals surface area contributed by atoms with E-state index < -0.39 is 11.9 Å². The Balaban J connectivity index is 3.11. The van der Waals surface area contributed by atoms with E-state index in [2.05, 4.69) is 15.9 Å². The van der Waals surface area contributed by atoms with Crippen LogP contribution < -0.4 is 5.73 Å². The molecule has 0 fully saturated rings. The monoisotopic (exact) mass is 281 g/mol. The van der Waals surface area contributed by atoms with Crippen molar-refractivity contribution in [3.8, 4) is 0 Å². The van der Waals surface area contributed by atoms with Gasteiger partial charge in [0, 0.05) is 10.0 Å². The van der Waals surface area contributed by atoms with Gasteiger partial charge in [-0.3, -0.25) is 0 Å². The van der Waals surface area contributed by atoms with E-state index in [0.29, 0.717) is 17.4 Å². The molecule has 0 aromatic heterocycles. The number of nitrogens with two attached hydrogens (primary N) is 1. The van der Waals surface area contributed by atoms with Crippen molar-refractivity contribution in [3.05, 3.63) is 33.0 Å². The minimum Gasteiger partial charge on any atom is -0.388 e. The number of hydrogen-bond donors (Lipinski definition) is 2. The summed E-state index contributed by atoms with van der Waals surface area (Å²) in [6.45, 7) is 0.291. The van der Waals surface area contributed by atoms with Gasteiger partial charge in [-0.15, -0.1) is 0 Å². The third-order valence-electron chi connectivity index (χ3n) is 1.85. The van der Waals surface area contributed by atoms with Crippen LogP contribution in [0, 0.1) is 5.82 Å². The standard InChI is InChI=1S/C9H10BrClFNO/c10-5-1-2-6(11)9(12)8(5)7(14)3-4-13/h1-2,7,14H,3-4,13H2/t7-/m0/s1. The normalized spacial score (nSPS) is 12.9. The molecule has 0 unspecified atom stereocenters. The van der Waals surface area contributed by atoms with E-state index in [1.54, 1.807) is 6.07 Å². The second-order valence-electron chi connectivity index (χ2n) is 2.85. The predicted molar refractivity (Wildman–Crippen MR) is 57.7 cm³/mol. The first-order valence-electron chi connectivity index (χ1n) is 4.09. The number of rotatable bonds is 3. The van der Waals surface area contributed by atoms with Crippen LogP contribution >= 0.6 is 27.5 Å². The van der Waals surface area contributed by atoms with E-state index in [1.165, 1.54) is 6.07 Å². The van der Waals surface area contributed by atoms with Gasteiger partial charge in [0.2, 0.25) is 0 Å². The molecule has 0 amide bonds. The highest BCUT2D eigenvalue weighted by Gasteiger charge is 2.17. The highest BCUT2D eigenvalue weighted by molar-refractivity contribution is 9.10. The van der Waals surface area contributed by atoms with Gasteiger partial charge in [-0.05, 0) is 25.1 Å². The fraction of sp³-hybridized carbons (Fsp3) is 0.333. The van der Waals surface area contributed by atoms with Gasteiger partial charge in [-0.25, -0.2) is 4.39 Å². The summed E-state index contributed by atoms with van der Waals surface area (Å²) in [7, 11) is 0. The minimum absolute atomic E-state index is 0.000675. The van der Waals surface area contributed by atoms with Crippen molar-refractivity contribution >= 4 is 27.5 Å². The Hall–Kier alpha value is -0.160. The van der Waals surface area contributed by atoms with Gasteiger partial charge in [-0.1, -0.05) is 27.5 Å². The van der Waals surface area contributed by atoms with Crippen molar-refractivity contribution in [1.29, 1.82) is 0 Å². The van der Waals surface area contributed by atoms with Crippen molar-refractivity contribution in [2.24, 2.45) is 5.73 Å². The first kappa shape index (κ1) is 11.9. The molecule has 1 aromatic carbocycles. The molecule has 5 heteroatoms. The lowest BCUT2D eigenvalue weighted by molar-refractivity contribution is 0.165. The van der Waals surface area contributed by atoms with Crippen LogP contribution in [-0.2, 0) is 0 Å². The SMILES string of the molecule is NCC[C@H](O)c1c(Br)ccc(Cl)c1F. The first-order valence-corrected chi connectivity index (χ1v) is 5.26. The minimum atomic E-state index is -0.923. The van der Waals surface area contributed by atoms with Crippen molar-refractivity contribution in [1.82, 2.24) is 0 Å². The van der Waals surface area contributed by atoms with Crippen LogP contribution in [0.1, 0.15) is 18.1 Å². The predicted octanol–water partition coefficient (Wildman–Crippen LogP) is 2.62. The van der Waals surface area contributed by atoms with Gasteiger partial charge < -0.3 is 10.8 Å². The summed E-state index contributed by atoms with van der Waals surface area (Å²) >= 11 is 8.74. The Kier molecular flexibility index (Phi) is 4.31. The molecule has 0 spiro atoms. The van der Waals surface area contributed by atoms with E-state index >= 15 is 0 Å². The third kappa shape index (κ3) is 2.45. The molecule has 1 aromatic rings. The van der Waals surface area contributed by atoms with Crippen LogP contribution in [0.5, 0.6) is 0 Å².